The van der Waals surface area contributed by atoms with Gasteiger partial charge < -0.3 is 10.6 Å². The zero-order chi connectivity index (χ0) is 20.0. The van der Waals surface area contributed by atoms with E-state index in [0.29, 0.717) is 12.1 Å². The average Bonchev–Trinajstić information content (AvgIpc) is 2.72. The average molecular weight is 494 g/mol. The third kappa shape index (κ3) is 5.10. The molecular weight excluding hydrogens is 470 g/mol. The molecule has 2 N–H and O–H groups in total. The van der Waals surface area contributed by atoms with Crippen LogP contribution in [-0.2, 0) is 10.2 Å². The van der Waals surface area contributed by atoms with Crippen LogP contribution in [0.1, 0.15) is 48.0 Å². The van der Waals surface area contributed by atoms with Crippen LogP contribution in [0.3, 0.4) is 0 Å². The highest BCUT2D eigenvalue weighted by Crippen LogP contribution is 2.39. The number of hydrogen-bond acceptors (Lipinski definition) is 2. The number of rotatable bonds is 6. The van der Waals surface area contributed by atoms with Crippen molar-refractivity contribution in [3.63, 3.8) is 0 Å². The van der Waals surface area contributed by atoms with Crippen LogP contribution < -0.4 is 10.6 Å². The lowest BCUT2D eigenvalue weighted by Crippen LogP contribution is -2.45. The summed E-state index contributed by atoms with van der Waals surface area (Å²) in [6.45, 7) is 0.430. The fourth-order valence-electron chi connectivity index (χ4n) is 3.83. The van der Waals surface area contributed by atoms with Crippen molar-refractivity contribution in [2.45, 2.75) is 37.5 Å². The lowest BCUT2D eigenvalue weighted by Gasteiger charge is -2.38. The molecule has 0 unspecified atom stereocenters. The maximum Gasteiger partial charge on any atom is 0.252 e. The van der Waals surface area contributed by atoms with Crippen molar-refractivity contribution in [1.29, 1.82) is 0 Å². The Bertz CT molecular complexity index is 833. The zero-order valence-corrected chi connectivity index (χ0v) is 17.8. The normalized spacial score (nSPS) is 15.6. The molecule has 0 saturated heterocycles. The summed E-state index contributed by atoms with van der Waals surface area (Å²) in [7, 11) is 0. The van der Waals surface area contributed by atoms with E-state index in [-0.39, 0.29) is 29.6 Å². The number of benzene rings is 2. The van der Waals surface area contributed by atoms with Gasteiger partial charge in [0.05, 0.1) is 12.1 Å². The molecule has 1 fully saturated rings. The van der Waals surface area contributed by atoms with Crippen LogP contribution in [0.5, 0.6) is 0 Å². The maximum absolute atomic E-state index is 13.3. The highest BCUT2D eigenvalue weighted by Gasteiger charge is 2.34. The summed E-state index contributed by atoms with van der Waals surface area (Å²) in [5, 5.41) is 5.66. The Morgan fingerprint density at radius 3 is 2.32 bits per heavy atom. The SMILES string of the molecule is O=C(CNC(=O)c1ccccc1I)NCC1(c2ccc(F)cc2)CCCCC1. The standard InChI is InChI=1S/C22H24FIN2O2/c23-17-10-8-16(9-11-17)22(12-4-1-5-13-22)15-26-20(27)14-25-21(28)18-6-2-3-7-19(18)24/h2-3,6-11H,1,4-5,12-15H2,(H,25,28)(H,26,27). The first-order valence-corrected chi connectivity index (χ1v) is 10.6. The van der Waals surface area contributed by atoms with Crippen molar-refractivity contribution in [2.75, 3.05) is 13.1 Å². The van der Waals surface area contributed by atoms with Crippen molar-refractivity contribution in [3.05, 3.63) is 69.0 Å². The van der Waals surface area contributed by atoms with E-state index in [1.165, 1.54) is 18.6 Å². The summed E-state index contributed by atoms with van der Waals surface area (Å²) in [6.07, 6.45) is 5.30. The van der Waals surface area contributed by atoms with Gasteiger partial charge in [-0.05, 0) is 65.3 Å². The van der Waals surface area contributed by atoms with Crippen LogP contribution in [0, 0.1) is 9.39 Å². The van der Waals surface area contributed by atoms with Crippen LogP contribution in [0.2, 0.25) is 0 Å². The topological polar surface area (TPSA) is 58.2 Å². The molecule has 0 aliphatic heterocycles. The molecule has 2 aromatic rings. The smallest absolute Gasteiger partial charge is 0.252 e. The van der Waals surface area contributed by atoms with Crippen LogP contribution in [0.25, 0.3) is 0 Å². The fraction of sp³-hybridized carbons (Fsp3) is 0.364. The molecule has 2 aromatic carbocycles. The summed E-state index contributed by atoms with van der Waals surface area (Å²) in [5.74, 6) is -0.727. The van der Waals surface area contributed by atoms with Crippen molar-refractivity contribution in [3.8, 4) is 0 Å². The number of carbonyl (C=O) groups excluding carboxylic acids is 2. The van der Waals surface area contributed by atoms with E-state index in [9.17, 15) is 14.0 Å². The Kier molecular flexibility index (Phi) is 7.04. The van der Waals surface area contributed by atoms with Gasteiger partial charge in [-0.25, -0.2) is 4.39 Å². The van der Waals surface area contributed by atoms with Crippen molar-refractivity contribution in [2.24, 2.45) is 0 Å². The molecule has 1 aliphatic rings. The van der Waals surface area contributed by atoms with E-state index >= 15 is 0 Å². The first kappa shape index (κ1) is 20.8. The number of nitrogens with one attached hydrogen (secondary N) is 2. The summed E-state index contributed by atoms with van der Waals surface area (Å²) in [6, 6.07) is 13.9. The molecule has 4 nitrogen and oxygen atoms in total. The molecule has 3 rings (SSSR count). The molecule has 1 saturated carbocycles. The predicted molar refractivity (Wildman–Crippen MR) is 116 cm³/mol. The minimum absolute atomic E-state index is 0.0662. The van der Waals surface area contributed by atoms with Gasteiger partial charge in [0, 0.05) is 15.5 Å². The van der Waals surface area contributed by atoms with Crippen LogP contribution in [0.4, 0.5) is 4.39 Å². The zero-order valence-electron chi connectivity index (χ0n) is 15.6. The van der Waals surface area contributed by atoms with Gasteiger partial charge in [0.15, 0.2) is 0 Å². The van der Waals surface area contributed by atoms with E-state index in [0.717, 1.165) is 34.8 Å². The number of hydrogen-bond donors (Lipinski definition) is 2. The van der Waals surface area contributed by atoms with Gasteiger partial charge in [-0.2, -0.15) is 0 Å². The van der Waals surface area contributed by atoms with Gasteiger partial charge in [0.1, 0.15) is 5.82 Å². The predicted octanol–water partition coefficient (Wildman–Crippen LogP) is 4.18. The lowest BCUT2D eigenvalue weighted by atomic mass is 9.69. The molecule has 1 aliphatic carbocycles. The summed E-state index contributed by atoms with van der Waals surface area (Å²) in [5.41, 5.74) is 1.46. The molecular formula is C22H24FIN2O2. The Labute approximate surface area is 178 Å². The van der Waals surface area contributed by atoms with Crippen molar-refractivity contribution < 1.29 is 14.0 Å². The lowest BCUT2D eigenvalue weighted by molar-refractivity contribution is -0.120. The second-order valence-corrected chi connectivity index (χ2v) is 8.45. The van der Waals surface area contributed by atoms with Gasteiger partial charge in [-0.1, -0.05) is 43.5 Å². The second-order valence-electron chi connectivity index (χ2n) is 7.29. The Morgan fingerprint density at radius 2 is 1.64 bits per heavy atom. The Morgan fingerprint density at radius 1 is 0.964 bits per heavy atom. The minimum Gasteiger partial charge on any atom is -0.354 e. The summed E-state index contributed by atoms with van der Waals surface area (Å²) >= 11 is 2.10. The maximum atomic E-state index is 13.3. The van der Waals surface area contributed by atoms with E-state index in [2.05, 4.69) is 33.2 Å². The van der Waals surface area contributed by atoms with E-state index < -0.39 is 0 Å². The van der Waals surface area contributed by atoms with Crippen molar-refractivity contribution >= 4 is 34.4 Å². The molecule has 0 bridgehead atoms. The van der Waals surface area contributed by atoms with E-state index in [1.54, 1.807) is 12.1 Å². The van der Waals surface area contributed by atoms with Gasteiger partial charge in [-0.3, -0.25) is 9.59 Å². The first-order chi connectivity index (χ1) is 13.5. The molecule has 0 aromatic heterocycles. The molecule has 0 spiro atoms. The third-order valence-electron chi connectivity index (χ3n) is 5.42. The number of carbonyl (C=O) groups is 2. The quantitative estimate of drug-likeness (QED) is 0.593. The Hall–Kier alpha value is -1.96. The molecule has 28 heavy (non-hydrogen) atoms. The van der Waals surface area contributed by atoms with Gasteiger partial charge >= 0.3 is 0 Å². The summed E-state index contributed by atoms with van der Waals surface area (Å²) in [4.78, 5) is 24.6. The highest BCUT2D eigenvalue weighted by molar-refractivity contribution is 14.1. The third-order valence-corrected chi connectivity index (χ3v) is 6.36. The Balaban J connectivity index is 1.59. The minimum atomic E-state index is -0.258. The fourth-order valence-corrected chi connectivity index (χ4v) is 4.46. The summed E-state index contributed by atoms with van der Waals surface area (Å²) < 4.78 is 14.2. The van der Waals surface area contributed by atoms with Crippen LogP contribution >= 0.6 is 22.6 Å². The molecule has 0 radical (unpaired) electrons. The van der Waals surface area contributed by atoms with Gasteiger partial charge in [-0.15, -0.1) is 0 Å². The monoisotopic (exact) mass is 494 g/mol. The van der Waals surface area contributed by atoms with Crippen LogP contribution in [0.15, 0.2) is 48.5 Å². The second kappa shape index (κ2) is 9.49. The van der Waals surface area contributed by atoms with E-state index in [4.69, 9.17) is 0 Å². The first-order valence-electron chi connectivity index (χ1n) is 9.56. The molecule has 148 valence electrons. The van der Waals surface area contributed by atoms with Gasteiger partial charge in [0.25, 0.3) is 5.91 Å². The van der Waals surface area contributed by atoms with E-state index in [1.807, 2.05) is 24.3 Å². The molecule has 6 heteroatoms. The number of halogens is 2. The molecule has 0 atom stereocenters. The highest BCUT2D eigenvalue weighted by atomic mass is 127. The number of amides is 2. The molecule has 0 heterocycles. The van der Waals surface area contributed by atoms with Gasteiger partial charge in [0.2, 0.25) is 5.91 Å². The van der Waals surface area contributed by atoms with Crippen molar-refractivity contribution in [1.82, 2.24) is 10.6 Å². The molecule has 2 amide bonds. The largest absolute Gasteiger partial charge is 0.354 e. The van der Waals surface area contributed by atoms with Crippen LogP contribution in [-0.4, -0.2) is 24.9 Å².